The van der Waals surface area contributed by atoms with Gasteiger partial charge in [0.25, 0.3) is 11.5 Å². The maximum Gasteiger partial charge on any atom is 0.276 e. The molecule has 0 saturated carbocycles. The lowest BCUT2D eigenvalue weighted by Gasteiger charge is -2.17. The highest BCUT2D eigenvalue weighted by Gasteiger charge is 2.19. The van der Waals surface area contributed by atoms with Crippen LogP contribution in [-0.2, 0) is 19.4 Å². The normalized spacial score (nSPS) is 11.0. The van der Waals surface area contributed by atoms with Gasteiger partial charge in [0, 0.05) is 22.6 Å². The summed E-state index contributed by atoms with van der Waals surface area (Å²) < 4.78 is 1.40. The minimum absolute atomic E-state index is 0.170. The van der Waals surface area contributed by atoms with Crippen molar-refractivity contribution in [2.24, 2.45) is 0 Å². The molecule has 0 aliphatic heterocycles. The van der Waals surface area contributed by atoms with Crippen molar-refractivity contribution in [2.75, 3.05) is 5.32 Å². The predicted octanol–water partition coefficient (Wildman–Crippen LogP) is 5.23. The van der Waals surface area contributed by atoms with Gasteiger partial charge in [0.05, 0.1) is 5.39 Å². The molecule has 6 heteroatoms. The number of anilines is 1. The van der Waals surface area contributed by atoms with Crippen molar-refractivity contribution in [3.05, 3.63) is 68.6 Å². The first-order valence-corrected chi connectivity index (χ1v) is 10.5. The molecule has 0 saturated heterocycles. The first kappa shape index (κ1) is 21.1. The number of nitrogens with zero attached hydrogens (tertiary/aromatic N) is 2. The van der Waals surface area contributed by atoms with E-state index in [1.54, 1.807) is 18.2 Å². The first-order chi connectivity index (χ1) is 14.0. The summed E-state index contributed by atoms with van der Waals surface area (Å²) in [6, 6.07) is 10.9. The Morgan fingerprint density at radius 3 is 2.45 bits per heavy atom. The predicted molar refractivity (Wildman–Crippen MR) is 119 cm³/mol. The number of rotatable bonds is 7. The Balaban J connectivity index is 2.12. The van der Waals surface area contributed by atoms with Gasteiger partial charge < -0.3 is 5.32 Å². The second-order valence-corrected chi connectivity index (χ2v) is 7.40. The molecular formula is C23H26ClN3O2. The van der Waals surface area contributed by atoms with Gasteiger partial charge in [0.2, 0.25) is 0 Å². The number of aryl methyl sites for hydroxylation is 2. The monoisotopic (exact) mass is 411 g/mol. The number of hydrogen-bond donors (Lipinski definition) is 1. The number of amides is 1. The highest BCUT2D eigenvalue weighted by molar-refractivity contribution is 6.32. The highest BCUT2D eigenvalue weighted by Crippen LogP contribution is 2.30. The number of unbranched alkanes of at least 4 members (excludes halogenated alkanes) is 1. The summed E-state index contributed by atoms with van der Waals surface area (Å²) in [6.45, 7) is 6.58. The van der Waals surface area contributed by atoms with E-state index >= 15 is 0 Å². The van der Waals surface area contributed by atoms with Gasteiger partial charge in [-0.3, -0.25) is 9.59 Å². The molecule has 3 rings (SSSR count). The van der Waals surface area contributed by atoms with Crippen molar-refractivity contribution in [3.63, 3.8) is 0 Å². The molecular weight excluding hydrogens is 386 g/mol. The van der Waals surface area contributed by atoms with Gasteiger partial charge in [-0.25, -0.2) is 4.68 Å². The third-order valence-electron chi connectivity index (χ3n) is 5.12. The summed E-state index contributed by atoms with van der Waals surface area (Å²) in [5.74, 6) is -0.335. The van der Waals surface area contributed by atoms with Crippen molar-refractivity contribution in [1.29, 1.82) is 0 Å². The van der Waals surface area contributed by atoms with Crippen LogP contribution in [0.3, 0.4) is 0 Å². The molecule has 152 valence electrons. The topological polar surface area (TPSA) is 64.0 Å². The summed E-state index contributed by atoms with van der Waals surface area (Å²) in [6.07, 6.45) is 3.22. The van der Waals surface area contributed by atoms with Gasteiger partial charge in [0.1, 0.15) is 0 Å². The van der Waals surface area contributed by atoms with E-state index in [4.69, 9.17) is 11.6 Å². The highest BCUT2D eigenvalue weighted by atomic mass is 35.5. The molecule has 0 aliphatic carbocycles. The molecule has 1 heterocycles. The summed E-state index contributed by atoms with van der Waals surface area (Å²) in [4.78, 5) is 26.0. The summed E-state index contributed by atoms with van der Waals surface area (Å²) in [7, 11) is 0. The molecule has 0 unspecified atom stereocenters. The van der Waals surface area contributed by atoms with Crippen LogP contribution in [0.1, 0.15) is 55.2 Å². The van der Waals surface area contributed by atoms with Crippen LogP contribution in [0, 0.1) is 0 Å². The molecule has 0 fully saturated rings. The largest absolute Gasteiger partial charge is 0.320 e. The Hall–Kier alpha value is -2.66. The molecule has 0 atom stereocenters. The van der Waals surface area contributed by atoms with Crippen molar-refractivity contribution in [1.82, 2.24) is 9.78 Å². The van der Waals surface area contributed by atoms with E-state index in [2.05, 4.69) is 17.3 Å². The van der Waals surface area contributed by atoms with Crippen LogP contribution in [0.2, 0.25) is 5.02 Å². The van der Waals surface area contributed by atoms with E-state index in [0.717, 1.165) is 36.1 Å². The number of nitrogens with one attached hydrogen (secondary N) is 1. The van der Waals surface area contributed by atoms with Gasteiger partial charge >= 0.3 is 0 Å². The van der Waals surface area contributed by atoms with Crippen molar-refractivity contribution in [3.8, 4) is 0 Å². The Morgan fingerprint density at radius 1 is 1.07 bits per heavy atom. The zero-order valence-electron chi connectivity index (χ0n) is 17.1. The molecule has 1 aromatic heterocycles. The van der Waals surface area contributed by atoms with Crippen molar-refractivity contribution >= 4 is 34.0 Å². The quantitative estimate of drug-likeness (QED) is 0.579. The average molecular weight is 412 g/mol. The van der Waals surface area contributed by atoms with E-state index in [9.17, 15) is 9.59 Å². The zero-order chi connectivity index (χ0) is 21.0. The smallest absolute Gasteiger partial charge is 0.276 e. The molecule has 0 bridgehead atoms. The SMILES string of the molecule is CCCCn1nc(C(=O)Nc2c(CC)ccc(Cl)c2CC)c2ccccc2c1=O. The molecule has 5 nitrogen and oxygen atoms in total. The number of fused-ring (bicyclic) bond motifs is 1. The number of hydrogen-bond acceptors (Lipinski definition) is 3. The summed E-state index contributed by atoms with van der Waals surface area (Å²) in [5, 5.41) is 9.15. The molecule has 2 aromatic carbocycles. The van der Waals surface area contributed by atoms with Crippen LogP contribution in [0.5, 0.6) is 0 Å². The Morgan fingerprint density at radius 2 is 1.79 bits per heavy atom. The lowest BCUT2D eigenvalue weighted by atomic mass is 10.0. The second-order valence-electron chi connectivity index (χ2n) is 7.00. The first-order valence-electron chi connectivity index (χ1n) is 10.1. The lowest BCUT2D eigenvalue weighted by molar-refractivity contribution is 0.102. The summed E-state index contributed by atoms with van der Waals surface area (Å²) in [5.41, 5.74) is 2.74. The van der Waals surface area contributed by atoms with Crippen LogP contribution in [0.25, 0.3) is 10.8 Å². The number of carbonyl (C=O) groups excluding carboxylic acids is 1. The fourth-order valence-corrected chi connectivity index (χ4v) is 3.79. The minimum Gasteiger partial charge on any atom is -0.320 e. The van der Waals surface area contributed by atoms with Crippen LogP contribution >= 0.6 is 11.6 Å². The molecule has 3 aromatic rings. The van der Waals surface area contributed by atoms with E-state index in [1.165, 1.54) is 4.68 Å². The third kappa shape index (κ3) is 4.20. The van der Waals surface area contributed by atoms with Crippen LogP contribution in [0.4, 0.5) is 5.69 Å². The number of carbonyl (C=O) groups is 1. The second kappa shape index (κ2) is 9.23. The molecule has 1 N–H and O–H groups in total. The fraction of sp³-hybridized carbons (Fsp3) is 0.348. The third-order valence-corrected chi connectivity index (χ3v) is 5.48. The fourth-order valence-electron chi connectivity index (χ4n) is 3.50. The number of benzene rings is 2. The summed E-state index contributed by atoms with van der Waals surface area (Å²) >= 11 is 6.37. The maximum absolute atomic E-state index is 13.3. The van der Waals surface area contributed by atoms with Crippen molar-refractivity contribution in [2.45, 2.75) is 53.0 Å². The maximum atomic E-state index is 13.3. The standard InChI is InChI=1S/C23H26ClN3O2/c1-4-7-14-27-23(29)18-11-9-8-10-17(18)21(26-27)22(28)25-20-15(5-2)12-13-19(24)16(20)6-3/h8-13H,4-7,14H2,1-3H3,(H,25,28). The lowest BCUT2D eigenvalue weighted by Crippen LogP contribution is -2.28. The number of halogens is 1. The Bertz CT molecular complexity index is 1110. The van der Waals surface area contributed by atoms with Gasteiger partial charge in [-0.1, -0.05) is 63.1 Å². The van der Waals surface area contributed by atoms with E-state index in [1.807, 2.05) is 32.0 Å². The molecule has 1 amide bonds. The minimum atomic E-state index is -0.335. The Labute approximate surface area is 175 Å². The van der Waals surface area contributed by atoms with Crippen LogP contribution < -0.4 is 10.9 Å². The van der Waals surface area contributed by atoms with Crippen LogP contribution in [-0.4, -0.2) is 15.7 Å². The average Bonchev–Trinajstić information content (AvgIpc) is 2.73. The van der Waals surface area contributed by atoms with Gasteiger partial charge in [0.15, 0.2) is 5.69 Å². The Kier molecular flexibility index (Phi) is 6.70. The van der Waals surface area contributed by atoms with E-state index in [-0.39, 0.29) is 17.2 Å². The number of aromatic nitrogens is 2. The van der Waals surface area contributed by atoms with Crippen molar-refractivity contribution < 1.29 is 4.79 Å². The van der Waals surface area contributed by atoms with E-state index < -0.39 is 0 Å². The molecule has 29 heavy (non-hydrogen) atoms. The van der Waals surface area contributed by atoms with E-state index in [0.29, 0.717) is 28.8 Å². The molecule has 0 aliphatic rings. The van der Waals surface area contributed by atoms with Gasteiger partial charge in [-0.15, -0.1) is 0 Å². The van der Waals surface area contributed by atoms with Gasteiger partial charge in [-0.05, 0) is 42.5 Å². The van der Waals surface area contributed by atoms with Gasteiger partial charge in [-0.2, -0.15) is 5.10 Å². The molecule has 0 spiro atoms. The van der Waals surface area contributed by atoms with Crippen LogP contribution in [0.15, 0.2) is 41.2 Å². The zero-order valence-corrected chi connectivity index (χ0v) is 17.8. The molecule has 0 radical (unpaired) electrons.